The van der Waals surface area contributed by atoms with Crippen LogP contribution in [0.3, 0.4) is 0 Å². The van der Waals surface area contributed by atoms with Crippen LogP contribution in [0.4, 0.5) is 0 Å². The van der Waals surface area contributed by atoms with E-state index in [9.17, 15) is 0 Å². The van der Waals surface area contributed by atoms with Crippen molar-refractivity contribution >= 4 is 11.8 Å². The number of hydrazine groups is 1. The fourth-order valence-electron chi connectivity index (χ4n) is 2.83. The van der Waals surface area contributed by atoms with E-state index < -0.39 is 0 Å². The van der Waals surface area contributed by atoms with Crippen LogP contribution in [0.1, 0.15) is 57.2 Å². The molecule has 0 saturated carbocycles. The van der Waals surface area contributed by atoms with Gasteiger partial charge < -0.3 is 0 Å². The lowest BCUT2D eigenvalue weighted by atomic mass is 9.85. The molecular formula is C17H28N2S. The third kappa shape index (κ3) is 4.24. The Bertz CT molecular complexity index is 402. The van der Waals surface area contributed by atoms with Gasteiger partial charge in [0.1, 0.15) is 0 Å². The first-order chi connectivity index (χ1) is 9.50. The minimum Gasteiger partial charge on any atom is -0.271 e. The van der Waals surface area contributed by atoms with Crippen molar-refractivity contribution in [3.05, 3.63) is 35.4 Å². The highest BCUT2D eigenvalue weighted by atomic mass is 32.2. The van der Waals surface area contributed by atoms with E-state index in [2.05, 4.69) is 62.2 Å². The second kappa shape index (κ2) is 6.97. The molecule has 1 aromatic rings. The molecule has 0 amide bonds. The molecule has 0 aromatic heterocycles. The molecule has 1 saturated heterocycles. The minimum absolute atomic E-state index is 0.213. The van der Waals surface area contributed by atoms with Gasteiger partial charge in [0.05, 0.1) is 0 Å². The molecule has 2 nitrogen and oxygen atoms in total. The summed E-state index contributed by atoms with van der Waals surface area (Å²) in [4.78, 5) is 0. The van der Waals surface area contributed by atoms with Crippen molar-refractivity contribution in [2.24, 2.45) is 11.8 Å². The Morgan fingerprint density at radius 2 is 1.80 bits per heavy atom. The number of hydrogen-bond donors (Lipinski definition) is 2. The van der Waals surface area contributed by atoms with Crippen molar-refractivity contribution in [1.29, 1.82) is 0 Å². The van der Waals surface area contributed by atoms with Crippen molar-refractivity contribution in [2.75, 3.05) is 11.5 Å². The van der Waals surface area contributed by atoms with Gasteiger partial charge in [0.25, 0.3) is 0 Å². The predicted molar refractivity (Wildman–Crippen MR) is 89.9 cm³/mol. The zero-order chi connectivity index (χ0) is 14.6. The summed E-state index contributed by atoms with van der Waals surface area (Å²) in [7, 11) is 0. The molecule has 112 valence electrons. The number of nitrogens with two attached hydrogens (primary N) is 1. The van der Waals surface area contributed by atoms with Gasteiger partial charge in [-0.05, 0) is 53.2 Å². The molecule has 3 heteroatoms. The first-order valence-electron chi connectivity index (χ1n) is 7.65. The van der Waals surface area contributed by atoms with Crippen molar-refractivity contribution in [2.45, 2.75) is 51.5 Å². The first kappa shape index (κ1) is 15.9. The van der Waals surface area contributed by atoms with E-state index in [0.29, 0.717) is 0 Å². The normalized spacial score (nSPS) is 19.0. The summed E-state index contributed by atoms with van der Waals surface area (Å²) in [6, 6.07) is 9.26. The second-order valence-corrected chi connectivity index (χ2v) is 8.11. The average Bonchev–Trinajstić information content (AvgIpc) is 2.45. The molecule has 1 aliphatic heterocycles. The van der Waals surface area contributed by atoms with Gasteiger partial charge in [0, 0.05) is 6.04 Å². The van der Waals surface area contributed by atoms with Gasteiger partial charge in [-0.15, -0.1) is 0 Å². The molecule has 0 aliphatic carbocycles. The lowest BCUT2D eigenvalue weighted by Gasteiger charge is -2.27. The van der Waals surface area contributed by atoms with Gasteiger partial charge in [-0.3, -0.25) is 11.3 Å². The monoisotopic (exact) mass is 292 g/mol. The first-order valence-corrected chi connectivity index (χ1v) is 8.80. The maximum absolute atomic E-state index is 5.79. The summed E-state index contributed by atoms with van der Waals surface area (Å²) < 4.78 is 0. The Labute approximate surface area is 127 Å². The molecule has 0 radical (unpaired) electrons. The third-order valence-corrected chi connectivity index (χ3v) is 5.34. The zero-order valence-electron chi connectivity index (χ0n) is 13.0. The molecule has 1 heterocycles. The lowest BCUT2D eigenvalue weighted by molar-refractivity contribution is 0.373. The summed E-state index contributed by atoms with van der Waals surface area (Å²) in [6.07, 6.45) is 3.83. The maximum Gasteiger partial charge on any atom is 0.0462 e. The summed E-state index contributed by atoms with van der Waals surface area (Å²) in [5.41, 5.74) is 5.93. The summed E-state index contributed by atoms with van der Waals surface area (Å²) in [6.45, 7) is 6.75. The van der Waals surface area contributed by atoms with E-state index in [0.717, 1.165) is 12.3 Å². The molecule has 1 unspecified atom stereocenters. The van der Waals surface area contributed by atoms with Gasteiger partial charge in [-0.2, -0.15) is 11.8 Å². The summed E-state index contributed by atoms with van der Waals surface area (Å²) in [5.74, 6) is 9.23. The maximum atomic E-state index is 5.79. The number of hydrogen-bond acceptors (Lipinski definition) is 3. The molecule has 1 aliphatic rings. The Morgan fingerprint density at radius 3 is 2.30 bits per heavy atom. The Hall–Kier alpha value is -0.510. The Kier molecular flexibility index (Phi) is 5.53. The Morgan fingerprint density at radius 1 is 1.20 bits per heavy atom. The van der Waals surface area contributed by atoms with E-state index in [-0.39, 0.29) is 11.5 Å². The smallest absolute Gasteiger partial charge is 0.0462 e. The largest absolute Gasteiger partial charge is 0.271 e. The quantitative estimate of drug-likeness (QED) is 0.650. The van der Waals surface area contributed by atoms with Crippen LogP contribution < -0.4 is 11.3 Å². The zero-order valence-corrected chi connectivity index (χ0v) is 13.8. The number of thioether (sulfide) groups is 1. The average molecular weight is 292 g/mol. The van der Waals surface area contributed by atoms with E-state index in [4.69, 9.17) is 5.84 Å². The standard InChI is InChI=1S/C17H28N2S/c1-17(2,3)15-6-4-14(5-7-15)16(19-18)12-13-8-10-20-11-9-13/h4-7,13,16,19H,8-12,18H2,1-3H3. The van der Waals surface area contributed by atoms with E-state index in [1.165, 1.54) is 35.5 Å². The van der Waals surface area contributed by atoms with E-state index in [1.807, 2.05) is 0 Å². The topological polar surface area (TPSA) is 38.0 Å². The third-order valence-electron chi connectivity index (χ3n) is 4.29. The number of rotatable bonds is 4. The van der Waals surface area contributed by atoms with Crippen LogP contribution in [0.5, 0.6) is 0 Å². The highest BCUT2D eigenvalue weighted by molar-refractivity contribution is 7.99. The van der Waals surface area contributed by atoms with Crippen LogP contribution in [0.2, 0.25) is 0 Å². The van der Waals surface area contributed by atoms with Gasteiger partial charge in [-0.1, -0.05) is 45.0 Å². The van der Waals surface area contributed by atoms with Gasteiger partial charge in [0.2, 0.25) is 0 Å². The van der Waals surface area contributed by atoms with E-state index in [1.54, 1.807) is 0 Å². The Balaban J connectivity index is 2.03. The highest BCUT2D eigenvalue weighted by Gasteiger charge is 2.20. The van der Waals surface area contributed by atoms with Crippen molar-refractivity contribution < 1.29 is 0 Å². The number of benzene rings is 1. The molecular weight excluding hydrogens is 264 g/mol. The SMILES string of the molecule is CC(C)(C)c1ccc(C(CC2CCSCC2)NN)cc1. The molecule has 0 bridgehead atoms. The van der Waals surface area contributed by atoms with Crippen LogP contribution in [0, 0.1) is 5.92 Å². The van der Waals surface area contributed by atoms with Gasteiger partial charge >= 0.3 is 0 Å². The number of nitrogens with one attached hydrogen (secondary N) is 1. The van der Waals surface area contributed by atoms with Gasteiger partial charge in [-0.25, -0.2) is 0 Å². The van der Waals surface area contributed by atoms with Crippen LogP contribution in [0.25, 0.3) is 0 Å². The van der Waals surface area contributed by atoms with Crippen LogP contribution in [-0.2, 0) is 5.41 Å². The summed E-state index contributed by atoms with van der Waals surface area (Å²) >= 11 is 2.08. The van der Waals surface area contributed by atoms with Gasteiger partial charge in [0.15, 0.2) is 0 Å². The minimum atomic E-state index is 0.213. The summed E-state index contributed by atoms with van der Waals surface area (Å²) in [5, 5.41) is 0. The van der Waals surface area contributed by atoms with Crippen molar-refractivity contribution in [3.63, 3.8) is 0 Å². The molecule has 0 spiro atoms. The molecule has 1 aromatic carbocycles. The van der Waals surface area contributed by atoms with Crippen LogP contribution in [0.15, 0.2) is 24.3 Å². The molecule has 1 fully saturated rings. The highest BCUT2D eigenvalue weighted by Crippen LogP contribution is 2.31. The predicted octanol–water partition coefficient (Wildman–Crippen LogP) is 4.02. The van der Waals surface area contributed by atoms with Crippen LogP contribution >= 0.6 is 11.8 Å². The molecule has 2 rings (SSSR count). The molecule has 1 atom stereocenters. The van der Waals surface area contributed by atoms with E-state index >= 15 is 0 Å². The molecule has 3 N–H and O–H groups in total. The van der Waals surface area contributed by atoms with Crippen LogP contribution in [-0.4, -0.2) is 11.5 Å². The fraction of sp³-hybridized carbons (Fsp3) is 0.647. The van der Waals surface area contributed by atoms with Crippen molar-refractivity contribution in [3.8, 4) is 0 Å². The fourth-order valence-corrected chi connectivity index (χ4v) is 4.04. The second-order valence-electron chi connectivity index (χ2n) is 6.88. The lowest BCUT2D eigenvalue weighted by Crippen LogP contribution is -2.30. The molecule has 20 heavy (non-hydrogen) atoms. The van der Waals surface area contributed by atoms with Crippen molar-refractivity contribution in [1.82, 2.24) is 5.43 Å².